The molecule has 1 heterocycles. The van der Waals surface area contributed by atoms with Gasteiger partial charge in [-0.1, -0.05) is 22.0 Å². The Hall–Kier alpha value is -1.18. The van der Waals surface area contributed by atoms with E-state index in [2.05, 4.69) is 37.2 Å². The van der Waals surface area contributed by atoms with Gasteiger partial charge in [0.15, 0.2) is 6.61 Å². The lowest BCUT2D eigenvalue weighted by molar-refractivity contribution is -0.119. The first kappa shape index (κ1) is 15.2. The fourth-order valence-electron chi connectivity index (χ4n) is 1.37. The molecule has 1 N–H and O–H groups in total. The van der Waals surface area contributed by atoms with E-state index in [-0.39, 0.29) is 6.61 Å². The summed E-state index contributed by atoms with van der Waals surface area (Å²) in [7, 11) is 0. The molecule has 0 aliphatic rings. The van der Waals surface area contributed by atoms with Gasteiger partial charge in [-0.15, -0.1) is 11.3 Å². The number of benzene rings is 1. The third-order valence-corrected chi connectivity index (χ3v) is 4.26. The molecular formula is C13H9Br2NO3S. The predicted molar refractivity (Wildman–Crippen MR) is 85.1 cm³/mol. The van der Waals surface area contributed by atoms with Gasteiger partial charge in [-0.05, 0) is 45.6 Å². The van der Waals surface area contributed by atoms with Crippen LogP contribution >= 0.6 is 43.2 Å². The van der Waals surface area contributed by atoms with Crippen LogP contribution in [0.5, 0.6) is 0 Å². The highest BCUT2D eigenvalue weighted by Gasteiger charge is 2.12. The molecule has 0 atom stereocenters. The zero-order valence-electron chi connectivity index (χ0n) is 10.1. The number of anilines is 1. The molecule has 0 radical (unpaired) electrons. The number of hydrogen-bond donors (Lipinski definition) is 1. The van der Waals surface area contributed by atoms with Gasteiger partial charge in [0.25, 0.3) is 5.91 Å². The van der Waals surface area contributed by atoms with Gasteiger partial charge >= 0.3 is 5.97 Å². The van der Waals surface area contributed by atoms with Crippen molar-refractivity contribution in [2.45, 2.75) is 0 Å². The molecule has 20 heavy (non-hydrogen) atoms. The molecule has 4 nitrogen and oxygen atoms in total. The van der Waals surface area contributed by atoms with Gasteiger partial charge in [-0.3, -0.25) is 4.79 Å². The van der Waals surface area contributed by atoms with E-state index in [1.807, 2.05) is 6.07 Å². The quantitative estimate of drug-likeness (QED) is 0.761. The molecule has 0 spiro atoms. The molecule has 0 bridgehead atoms. The maximum Gasteiger partial charge on any atom is 0.348 e. The number of thiophene rings is 1. The number of ether oxygens (including phenoxy) is 1. The predicted octanol–water partition coefficient (Wildman–Crippen LogP) is 4.07. The highest BCUT2D eigenvalue weighted by atomic mass is 79.9. The van der Waals surface area contributed by atoms with Gasteiger partial charge in [0.2, 0.25) is 0 Å². The summed E-state index contributed by atoms with van der Waals surface area (Å²) in [5, 5.41) is 4.43. The summed E-state index contributed by atoms with van der Waals surface area (Å²) in [6.45, 7) is -0.320. The smallest absolute Gasteiger partial charge is 0.348 e. The molecule has 2 aromatic rings. The highest BCUT2D eigenvalue weighted by Crippen LogP contribution is 2.26. The van der Waals surface area contributed by atoms with E-state index in [9.17, 15) is 9.59 Å². The van der Waals surface area contributed by atoms with E-state index in [0.29, 0.717) is 10.6 Å². The van der Waals surface area contributed by atoms with Crippen molar-refractivity contribution in [3.05, 3.63) is 49.5 Å². The van der Waals surface area contributed by atoms with Crippen LogP contribution in [0.4, 0.5) is 5.69 Å². The second kappa shape index (κ2) is 7.01. The lowest BCUT2D eigenvalue weighted by Crippen LogP contribution is -2.20. The Morgan fingerprint density at radius 2 is 2.05 bits per heavy atom. The van der Waals surface area contributed by atoms with E-state index in [0.717, 1.165) is 8.95 Å². The van der Waals surface area contributed by atoms with Gasteiger partial charge in [0.05, 0.1) is 5.69 Å². The number of halogens is 2. The molecule has 2 rings (SSSR count). The summed E-state index contributed by atoms with van der Waals surface area (Å²) in [6.07, 6.45) is 0. The summed E-state index contributed by atoms with van der Waals surface area (Å²) >= 11 is 7.93. The Morgan fingerprint density at radius 1 is 1.25 bits per heavy atom. The number of amides is 1. The minimum atomic E-state index is -0.495. The summed E-state index contributed by atoms with van der Waals surface area (Å²) in [4.78, 5) is 23.7. The fourth-order valence-corrected chi connectivity index (χ4v) is 3.14. The fraction of sp³-hybridized carbons (Fsp3) is 0.0769. The number of carbonyl (C=O) groups excluding carboxylic acids is 2. The zero-order chi connectivity index (χ0) is 14.5. The molecule has 0 unspecified atom stereocenters. The molecular weight excluding hydrogens is 410 g/mol. The highest BCUT2D eigenvalue weighted by molar-refractivity contribution is 9.11. The van der Waals surface area contributed by atoms with E-state index >= 15 is 0 Å². The van der Waals surface area contributed by atoms with Crippen molar-refractivity contribution in [1.82, 2.24) is 0 Å². The van der Waals surface area contributed by atoms with Crippen LogP contribution in [0, 0.1) is 0 Å². The molecule has 1 aromatic heterocycles. The molecule has 0 aliphatic heterocycles. The molecule has 0 saturated carbocycles. The lowest BCUT2D eigenvalue weighted by Gasteiger charge is -2.08. The third-order valence-electron chi connectivity index (χ3n) is 2.26. The van der Waals surface area contributed by atoms with Crippen molar-refractivity contribution in [2.75, 3.05) is 11.9 Å². The molecule has 1 aromatic carbocycles. The number of esters is 1. The van der Waals surface area contributed by atoms with E-state index in [1.54, 1.807) is 29.6 Å². The van der Waals surface area contributed by atoms with Crippen molar-refractivity contribution in [2.24, 2.45) is 0 Å². The molecule has 0 aliphatic carbocycles. The van der Waals surface area contributed by atoms with Crippen molar-refractivity contribution < 1.29 is 14.3 Å². The normalized spacial score (nSPS) is 10.1. The number of hydrogen-bond acceptors (Lipinski definition) is 4. The Labute approximate surface area is 136 Å². The summed E-state index contributed by atoms with van der Waals surface area (Å²) in [5.74, 6) is -0.886. The van der Waals surface area contributed by atoms with Crippen molar-refractivity contribution in [3.63, 3.8) is 0 Å². The van der Waals surface area contributed by atoms with Gasteiger partial charge in [-0.2, -0.15) is 0 Å². The first-order chi connectivity index (χ1) is 9.56. The second-order valence-electron chi connectivity index (χ2n) is 3.73. The van der Waals surface area contributed by atoms with Gasteiger partial charge in [0.1, 0.15) is 4.88 Å². The van der Waals surface area contributed by atoms with Crippen molar-refractivity contribution in [3.8, 4) is 0 Å². The summed E-state index contributed by atoms with van der Waals surface area (Å²) in [6, 6.07) is 8.76. The minimum Gasteiger partial charge on any atom is -0.451 e. The van der Waals surface area contributed by atoms with Crippen LogP contribution in [-0.4, -0.2) is 18.5 Å². The van der Waals surface area contributed by atoms with Gasteiger partial charge < -0.3 is 10.1 Å². The third kappa shape index (κ3) is 4.16. The Bertz CT molecular complexity index is 629. The second-order valence-corrected chi connectivity index (χ2v) is 6.44. The molecule has 104 valence electrons. The number of rotatable bonds is 4. The lowest BCUT2D eigenvalue weighted by atomic mass is 10.3. The largest absolute Gasteiger partial charge is 0.451 e. The van der Waals surface area contributed by atoms with Crippen LogP contribution < -0.4 is 5.32 Å². The summed E-state index contributed by atoms with van der Waals surface area (Å²) < 4.78 is 6.55. The van der Waals surface area contributed by atoms with E-state index in [1.165, 1.54) is 11.3 Å². The van der Waals surface area contributed by atoms with Crippen LogP contribution in [0.15, 0.2) is 44.7 Å². The summed E-state index contributed by atoms with van der Waals surface area (Å²) in [5.41, 5.74) is 0.616. The van der Waals surface area contributed by atoms with Crippen molar-refractivity contribution >= 4 is 60.8 Å². The first-order valence-electron chi connectivity index (χ1n) is 5.52. The SMILES string of the molecule is O=C(COC(=O)c1cccs1)Nc1ccc(Br)cc1Br. The van der Waals surface area contributed by atoms with Gasteiger partial charge in [0, 0.05) is 8.95 Å². The zero-order valence-corrected chi connectivity index (χ0v) is 14.0. The topological polar surface area (TPSA) is 55.4 Å². The van der Waals surface area contributed by atoms with Crippen LogP contribution in [-0.2, 0) is 9.53 Å². The Morgan fingerprint density at radius 3 is 2.70 bits per heavy atom. The molecule has 0 saturated heterocycles. The molecule has 1 amide bonds. The van der Waals surface area contributed by atoms with Crippen LogP contribution in [0.1, 0.15) is 9.67 Å². The average Bonchev–Trinajstić information content (AvgIpc) is 2.93. The van der Waals surface area contributed by atoms with E-state index in [4.69, 9.17) is 4.74 Å². The van der Waals surface area contributed by atoms with E-state index < -0.39 is 11.9 Å². The minimum absolute atomic E-state index is 0.320. The van der Waals surface area contributed by atoms with Gasteiger partial charge in [-0.25, -0.2) is 4.79 Å². The number of nitrogens with one attached hydrogen (secondary N) is 1. The maximum atomic E-state index is 11.7. The monoisotopic (exact) mass is 417 g/mol. The average molecular weight is 419 g/mol. The van der Waals surface area contributed by atoms with Crippen LogP contribution in [0.3, 0.4) is 0 Å². The number of carbonyl (C=O) groups is 2. The van der Waals surface area contributed by atoms with Crippen molar-refractivity contribution in [1.29, 1.82) is 0 Å². The Kier molecular flexibility index (Phi) is 5.33. The standard InChI is InChI=1S/C13H9Br2NO3S/c14-8-3-4-10(9(15)6-8)16-12(17)7-19-13(18)11-2-1-5-20-11/h1-6H,7H2,(H,16,17). The molecule has 7 heteroatoms. The maximum absolute atomic E-state index is 11.7. The van der Waals surface area contributed by atoms with Crippen LogP contribution in [0.25, 0.3) is 0 Å². The Balaban J connectivity index is 1.88. The van der Waals surface area contributed by atoms with Crippen LogP contribution in [0.2, 0.25) is 0 Å². The first-order valence-corrected chi connectivity index (χ1v) is 7.98. The molecule has 0 fully saturated rings.